The summed E-state index contributed by atoms with van der Waals surface area (Å²) < 4.78 is 11.0. The van der Waals surface area contributed by atoms with Gasteiger partial charge in [-0.15, -0.1) is 0 Å². The van der Waals surface area contributed by atoms with E-state index in [4.69, 9.17) is 9.47 Å². The number of nitrogens with one attached hydrogen (secondary N) is 2. The van der Waals surface area contributed by atoms with Gasteiger partial charge < -0.3 is 19.8 Å². The standard InChI is InChI=1S/C18H21N3O4/c1-11-8-16(22)21-15(20-11)6-7-19-18(23)13-9-12-4-3-5-14(24-2)17(12)25-10-13/h3-5,8,13H,6-7,9-10H2,1-2H3,(H,19,23)(H,20,21,22). The van der Waals surface area contributed by atoms with Crippen molar-refractivity contribution in [3.63, 3.8) is 0 Å². The maximum Gasteiger partial charge on any atom is 0.251 e. The second-order valence-electron chi connectivity index (χ2n) is 6.04. The van der Waals surface area contributed by atoms with Gasteiger partial charge in [-0.05, 0) is 25.0 Å². The number of para-hydroxylation sites is 1. The lowest BCUT2D eigenvalue weighted by molar-refractivity contribution is -0.126. The molecule has 0 spiro atoms. The Morgan fingerprint density at radius 2 is 2.32 bits per heavy atom. The number of H-pyrrole nitrogens is 1. The molecular weight excluding hydrogens is 322 g/mol. The van der Waals surface area contributed by atoms with E-state index in [9.17, 15) is 9.59 Å². The minimum atomic E-state index is -0.246. The molecule has 1 aromatic heterocycles. The first kappa shape index (κ1) is 17.0. The van der Waals surface area contributed by atoms with Crippen molar-refractivity contribution in [1.29, 1.82) is 0 Å². The molecule has 1 aromatic carbocycles. The van der Waals surface area contributed by atoms with E-state index in [-0.39, 0.29) is 17.4 Å². The van der Waals surface area contributed by atoms with Crippen LogP contribution < -0.4 is 20.3 Å². The Balaban J connectivity index is 1.56. The van der Waals surface area contributed by atoms with Gasteiger partial charge in [-0.3, -0.25) is 9.59 Å². The van der Waals surface area contributed by atoms with Crippen molar-refractivity contribution in [2.45, 2.75) is 19.8 Å². The van der Waals surface area contributed by atoms with Crippen molar-refractivity contribution in [2.24, 2.45) is 5.92 Å². The molecule has 0 radical (unpaired) electrons. The van der Waals surface area contributed by atoms with Crippen LogP contribution in [0, 0.1) is 12.8 Å². The molecule has 7 nitrogen and oxygen atoms in total. The number of amides is 1. The largest absolute Gasteiger partial charge is 0.493 e. The molecule has 1 aliphatic heterocycles. The molecule has 1 atom stereocenters. The first-order chi connectivity index (χ1) is 12.1. The summed E-state index contributed by atoms with van der Waals surface area (Å²) in [5.74, 6) is 1.66. The van der Waals surface area contributed by atoms with Crippen molar-refractivity contribution >= 4 is 5.91 Å². The third-order valence-electron chi connectivity index (χ3n) is 4.13. The summed E-state index contributed by atoms with van der Waals surface area (Å²) in [5, 5.41) is 2.89. The first-order valence-corrected chi connectivity index (χ1v) is 8.20. The molecule has 0 saturated carbocycles. The van der Waals surface area contributed by atoms with Gasteiger partial charge in [0.25, 0.3) is 5.56 Å². The van der Waals surface area contributed by atoms with Crippen molar-refractivity contribution in [1.82, 2.24) is 15.3 Å². The lowest BCUT2D eigenvalue weighted by atomic mass is 9.95. The summed E-state index contributed by atoms with van der Waals surface area (Å²) >= 11 is 0. The summed E-state index contributed by atoms with van der Waals surface area (Å²) in [7, 11) is 1.60. The van der Waals surface area contributed by atoms with Crippen LogP contribution in [0.15, 0.2) is 29.1 Å². The average molecular weight is 343 g/mol. The van der Waals surface area contributed by atoms with E-state index in [1.807, 2.05) is 18.2 Å². The number of carbonyl (C=O) groups is 1. The third kappa shape index (κ3) is 3.99. The summed E-state index contributed by atoms with van der Waals surface area (Å²) in [6, 6.07) is 7.11. The van der Waals surface area contributed by atoms with Crippen molar-refractivity contribution in [3.05, 3.63) is 51.7 Å². The molecule has 132 valence electrons. The fourth-order valence-corrected chi connectivity index (χ4v) is 2.93. The van der Waals surface area contributed by atoms with Crippen LogP contribution in [0.25, 0.3) is 0 Å². The Labute approximate surface area is 145 Å². The van der Waals surface area contributed by atoms with Crippen molar-refractivity contribution in [3.8, 4) is 11.5 Å². The zero-order chi connectivity index (χ0) is 17.8. The number of hydrogen-bond acceptors (Lipinski definition) is 5. The Morgan fingerprint density at radius 3 is 3.08 bits per heavy atom. The minimum absolute atomic E-state index is 0.0662. The Kier molecular flexibility index (Phi) is 5.02. The normalized spacial score (nSPS) is 15.8. The number of aryl methyl sites for hydroxylation is 1. The summed E-state index contributed by atoms with van der Waals surface area (Å²) in [6.07, 6.45) is 1.08. The van der Waals surface area contributed by atoms with Crippen LogP contribution in [-0.2, 0) is 17.6 Å². The Bertz CT molecular complexity index is 831. The number of benzene rings is 1. The molecule has 3 rings (SSSR count). The number of hydrogen-bond donors (Lipinski definition) is 2. The topological polar surface area (TPSA) is 93.3 Å². The highest BCUT2D eigenvalue weighted by Crippen LogP contribution is 2.35. The maximum atomic E-state index is 12.4. The molecule has 25 heavy (non-hydrogen) atoms. The van der Waals surface area contributed by atoms with E-state index in [1.54, 1.807) is 14.0 Å². The molecule has 2 aromatic rings. The van der Waals surface area contributed by atoms with E-state index < -0.39 is 0 Å². The van der Waals surface area contributed by atoms with Crippen LogP contribution in [-0.4, -0.2) is 36.1 Å². The molecule has 1 amide bonds. The second-order valence-corrected chi connectivity index (χ2v) is 6.04. The number of carbonyl (C=O) groups excluding carboxylic acids is 1. The third-order valence-corrected chi connectivity index (χ3v) is 4.13. The predicted molar refractivity (Wildman–Crippen MR) is 92.0 cm³/mol. The molecule has 1 unspecified atom stereocenters. The van der Waals surface area contributed by atoms with Crippen LogP contribution in [0.4, 0.5) is 0 Å². The lowest BCUT2D eigenvalue weighted by Crippen LogP contribution is -2.38. The molecule has 0 aliphatic carbocycles. The monoisotopic (exact) mass is 343 g/mol. The fraction of sp³-hybridized carbons (Fsp3) is 0.389. The van der Waals surface area contributed by atoms with Gasteiger partial charge in [0.05, 0.1) is 13.0 Å². The van der Waals surface area contributed by atoms with Gasteiger partial charge in [0.15, 0.2) is 11.5 Å². The summed E-state index contributed by atoms with van der Waals surface area (Å²) in [4.78, 5) is 30.7. The smallest absolute Gasteiger partial charge is 0.251 e. The SMILES string of the molecule is COc1cccc2c1OCC(C(=O)NCCc1nc(C)cc(=O)[nH]1)C2. The maximum absolute atomic E-state index is 12.4. The van der Waals surface area contributed by atoms with Crippen LogP contribution in [0.1, 0.15) is 17.1 Å². The predicted octanol–water partition coefficient (Wildman–Crippen LogP) is 0.997. The van der Waals surface area contributed by atoms with Gasteiger partial charge in [0, 0.05) is 24.7 Å². The number of ether oxygens (including phenoxy) is 2. The average Bonchev–Trinajstić information content (AvgIpc) is 2.59. The highest BCUT2D eigenvalue weighted by atomic mass is 16.5. The van der Waals surface area contributed by atoms with Crippen LogP contribution >= 0.6 is 0 Å². The second kappa shape index (κ2) is 7.38. The van der Waals surface area contributed by atoms with E-state index in [0.717, 1.165) is 11.3 Å². The van der Waals surface area contributed by atoms with Crippen LogP contribution in [0.2, 0.25) is 0 Å². The van der Waals surface area contributed by atoms with Gasteiger partial charge in [-0.1, -0.05) is 12.1 Å². The molecule has 0 bridgehead atoms. The first-order valence-electron chi connectivity index (χ1n) is 8.20. The number of fused-ring (bicyclic) bond motifs is 1. The van der Waals surface area contributed by atoms with E-state index in [0.29, 0.717) is 43.3 Å². The van der Waals surface area contributed by atoms with Crippen molar-refractivity contribution < 1.29 is 14.3 Å². The fourth-order valence-electron chi connectivity index (χ4n) is 2.93. The van der Waals surface area contributed by atoms with Gasteiger partial charge in [0.1, 0.15) is 12.4 Å². The van der Waals surface area contributed by atoms with Gasteiger partial charge in [-0.2, -0.15) is 0 Å². The molecule has 2 heterocycles. The van der Waals surface area contributed by atoms with Gasteiger partial charge in [0.2, 0.25) is 5.91 Å². The number of rotatable bonds is 5. The number of aromatic nitrogens is 2. The Hall–Kier alpha value is -2.83. The highest BCUT2D eigenvalue weighted by Gasteiger charge is 2.27. The van der Waals surface area contributed by atoms with Crippen LogP contribution in [0.3, 0.4) is 0 Å². The zero-order valence-corrected chi connectivity index (χ0v) is 14.3. The molecular formula is C18H21N3O4. The van der Waals surface area contributed by atoms with Crippen LogP contribution in [0.5, 0.6) is 11.5 Å². The molecule has 0 saturated heterocycles. The number of aromatic amines is 1. The van der Waals surface area contributed by atoms with E-state index in [2.05, 4.69) is 15.3 Å². The highest BCUT2D eigenvalue weighted by molar-refractivity contribution is 5.79. The van der Waals surface area contributed by atoms with Crippen molar-refractivity contribution in [2.75, 3.05) is 20.3 Å². The molecule has 7 heteroatoms. The van der Waals surface area contributed by atoms with Gasteiger partial charge >= 0.3 is 0 Å². The number of methoxy groups -OCH3 is 1. The molecule has 2 N–H and O–H groups in total. The van der Waals surface area contributed by atoms with Gasteiger partial charge in [-0.25, -0.2) is 4.98 Å². The van der Waals surface area contributed by atoms with E-state index in [1.165, 1.54) is 6.07 Å². The summed E-state index contributed by atoms with van der Waals surface area (Å²) in [6.45, 7) is 2.49. The lowest BCUT2D eigenvalue weighted by Gasteiger charge is -2.25. The summed E-state index contributed by atoms with van der Waals surface area (Å²) in [5.41, 5.74) is 1.45. The zero-order valence-electron chi connectivity index (χ0n) is 14.3. The minimum Gasteiger partial charge on any atom is -0.493 e. The van der Waals surface area contributed by atoms with E-state index >= 15 is 0 Å². The Morgan fingerprint density at radius 1 is 1.48 bits per heavy atom. The molecule has 1 aliphatic rings. The quantitative estimate of drug-likeness (QED) is 0.845. The number of nitrogens with zero attached hydrogens (tertiary/aromatic N) is 1. The molecule has 0 fully saturated rings.